The van der Waals surface area contributed by atoms with E-state index in [-0.39, 0.29) is 11.9 Å². The van der Waals surface area contributed by atoms with E-state index in [9.17, 15) is 9.59 Å². The fraction of sp³-hybridized carbons (Fsp3) is 0.200. The molecule has 0 saturated heterocycles. The van der Waals surface area contributed by atoms with Gasteiger partial charge in [-0.3, -0.25) is 4.79 Å². The molecule has 1 aliphatic heterocycles. The normalized spacial score (nSPS) is 13.2. The summed E-state index contributed by atoms with van der Waals surface area (Å²) in [5.41, 5.74) is 3.41. The van der Waals surface area contributed by atoms with E-state index < -0.39 is 0 Å². The van der Waals surface area contributed by atoms with E-state index in [1.165, 1.54) is 0 Å². The van der Waals surface area contributed by atoms with E-state index in [1.54, 1.807) is 6.07 Å². The molecule has 0 bridgehead atoms. The van der Waals surface area contributed by atoms with Crippen molar-refractivity contribution in [3.05, 3.63) is 59.9 Å². The largest absolute Gasteiger partial charge is 0.461 e. The first-order chi connectivity index (χ1) is 12.7. The van der Waals surface area contributed by atoms with Crippen LogP contribution in [-0.2, 0) is 17.6 Å². The van der Waals surface area contributed by atoms with Crippen LogP contribution in [0, 0.1) is 0 Å². The first-order valence-corrected chi connectivity index (χ1v) is 8.62. The molecule has 0 fully saturated rings. The Bertz CT molecular complexity index is 944. The van der Waals surface area contributed by atoms with Gasteiger partial charge in [0.25, 0.3) is 0 Å². The molecule has 26 heavy (non-hydrogen) atoms. The molecular weight excluding hydrogens is 330 g/mol. The third kappa shape index (κ3) is 3.54. The highest BCUT2D eigenvalue weighted by Crippen LogP contribution is 2.25. The lowest BCUT2D eigenvalue weighted by Crippen LogP contribution is -2.30. The monoisotopic (exact) mass is 349 g/mol. The molecule has 2 aromatic carbocycles. The first-order valence-electron chi connectivity index (χ1n) is 8.62. The smallest absolute Gasteiger partial charge is 0.319 e. The van der Waals surface area contributed by atoms with Gasteiger partial charge in [0, 0.05) is 36.1 Å². The maximum Gasteiger partial charge on any atom is 0.319 e. The van der Waals surface area contributed by atoms with Crippen LogP contribution in [0.3, 0.4) is 0 Å². The zero-order chi connectivity index (χ0) is 17.9. The van der Waals surface area contributed by atoms with Crippen LogP contribution in [0.25, 0.3) is 11.0 Å². The molecule has 0 saturated carbocycles. The zero-order valence-corrected chi connectivity index (χ0v) is 14.2. The van der Waals surface area contributed by atoms with Crippen LogP contribution in [0.15, 0.2) is 52.9 Å². The topological polar surface area (TPSA) is 83.4 Å². The molecule has 1 aromatic heterocycles. The standard InChI is InChI=1S/C20H19N3O3/c24-19-8-5-13-11-15(6-7-17(13)23-19)22-20(25)21-10-9-16-12-14-3-1-2-4-18(14)26-16/h1-4,6-7,11-12H,5,8-10H2,(H,23,24)(H2,21,22,25). The fourth-order valence-corrected chi connectivity index (χ4v) is 3.10. The summed E-state index contributed by atoms with van der Waals surface area (Å²) in [6.45, 7) is 0.479. The highest BCUT2D eigenvalue weighted by molar-refractivity contribution is 5.95. The molecule has 3 aromatic rings. The molecular formula is C20H19N3O3. The number of benzene rings is 2. The number of furan rings is 1. The number of urea groups is 1. The van der Waals surface area contributed by atoms with E-state index in [4.69, 9.17) is 4.42 Å². The maximum atomic E-state index is 12.1. The summed E-state index contributed by atoms with van der Waals surface area (Å²) >= 11 is 0. The van der Waals surface area contributed by atoms with E-state index in [0.29, 0.717) is 31.5 Å². The Balaban J connectivity index is 1.30. The second kappa shape index (κ2) is 6.92. The van der Waals surface area contributed by atoms with Crippen molar-refractivity contribution >= 4 is 34.3 Å². The van der Waals surface area contributed by atoms with Crippen LogP contribution < -0.4 is 16.0 Å². The second-order valence-electron chi connectivity index (χ2n) is 6.30. The average molecular weight is 349 g/mol. The van der Waals surface area contributed by atoms with Crippen molar-refractivity contribution in [2.75, 3.05) is 17.2 Å². The Morgan fingerprint density at radius 3 is 2.88 bits per heavy atom. The molecule has 0 unspecified atom stereocenters. The average Bonchev–Trinajstić information content (AvgIpc) is 3.04. The lowest BCUT2D eigenvalue weighted by molar-refractivity contribution is -0.116. The third-order valence-corrected chi connectivity index (χ3v) is 4.39. The molecule has 132 valence electrons. The number of hydrogen-bond acceptors (Lipinski definition) is 3. The maximum absolute atomic E-state index is 12.1. The second-order valence-corrected chi connectivity index (χ2v) is 6.30. The van der Waals surface area contributed by atoms with Gasteiger partial charge in [-0.15, -0.1) is 0 Å². The van der Waals surface area contributed by atoms with Crippen molar-refractivity contribution in [2.24, 2.45) is 0 Å². The number of amides is 3. The minimum absolute atomic E-state index is 0.0292. The van der Waals surface area contributed by atoms with Gasteiger partial charge >= 0.3 is 6.03 Å². The van der Waals surface area contributed by atoms with Gasteiger partial charge in [-0.05, 0) is 42.3 Å². The fourth-order valence-electron chi connectivity index (χ4n) is 3.10. The Morgan fingerprint density at radius 2 is 2.00 bits per heavy atom. The van der Waals surface area contributed by atoms with Gasteiger partial charge in [-0.2, -0.15) is 0 Å². The Labute approximate surface area is 150 Å². The Morgan fingerprint density at radius 1 is 1.12 bits per heavy atom. The van der Waals surface area contributed by atoms with Gasteiger partial charge in [0.05, 0.1) is 0 Å². The number of rotatable bonds is 4. The van der Waals surface area contributed by atoms with Gasteiger partial charge in [-0.25, -0.2) is 4.79 Å². The molecule has 3 amide bonds. The summed E-state index contributed by atoms with van der Waals surface area (Å²) in [6.07, 6.45) is 1.78. The van der Waals surface area contributed by atoms with Crippen molar-refractivity contribution in [2.45, 2.75) is 19.3 Å². The number of carbonyl (C=O) groups is 2. The minimum atomic E-state index is -0.263. The number of fused-ring (bicyclic) bond motifs is 2. The molecule has 1 aliphatic rings. The molecule has 3 N–H and O–H groups in total. The molecule has 6 nitrogen and oxygen atoms in total. The molecule has 0 radical (unpaired) electrons. The number of para-hydroxylation sites is 1. The third-order valence-electron chi connectivity index (χ3n) is 4.39. The predicted octanol–water partition coefficient (Wildman–Crippen LogP) is 3.68. The minimum Gasteiger partial charge on any atom is -0.461 e. The zero-order valence-electron chi connectivity index (χ0n) is 14.2. The van der Waals surface area contributed by atoms with E-state index in [2.05, 4.69) is 16.0 Å². The Hall–Kier alpha value is -3.28. The number of aryl methyl sites for hydroxylation is 1. The first kappa shape index (κ1) is 16.2. The van der Waals surface area contributed by atoms with Crippen LogP contribution in [0.5, 0.6) is 0 Å². The van der Waals surface area contributed by atoms with E-state index >= 15 is 0 Å². The quantitative estimate of drug-likeness (QED) is 0.672. The van der Waals surface area contributed by atoms with Crippen LogP contribution in [0.4, 0.5) is 16.2 Å². The van der Waals surface area contributed by atoms with Gasteiger partial charge in [0.15, 0.2) is 0 Å². The van der Waals surface area contributed by atoms with E-state index in [0.717, 1.165) is 28.0 Å². The van der Waals surface area contributed by atoms with Crippen LogP contribution >= 0.6 is 0 Å². The predicted molar refractivity (Wildman–Crippen MR) is 100 cm³/mol. The van der Waals surface area contributed by atoms with E-state index in [1.807, 2.05) is 42.5 Å². The van der Waals surface area contributed by atoms with Crippen molar-refractivity contribution in [1.82, 2.24) is 5.32 Å². The Kier molecular flexibility index (Phi) is 4.31. The van der Waals surface area contributed by atoms with Crippen molar-refractivity contribution < 1.29 is 14.0 Å². The summed E-state index contributed by atoms with van der Waals surface area (Å²) in [7, 11) is 0. The number of nitrogens with one attached hydrogen (secondary N) is 3. The van der Waals surface area contributed by atoms with Crippen LogP contribution in [-0.4, -0.2) is 18.5 Å². The van der Waals surface area contributed by atoms with Crippen LogP contribution in [0.2, 0.25) is 0 Å². The number of hydrogen-bond donors (Lipinski definition) is 3. The van der Waals surface area contributed by atoms with Gasteiger partial charge in [0.1, 0.15) is 11.3 Å². The van der Waals surface area contributed by atoms with Crippen molar-refractivity contribution in [3.63, 3.8) is 0 Å². The molecule has 6 heteroatoms. The summed E-state index contributed by atoms with van der Waals surface area (Å²) in [5.74, 6) is 0.873. The summed E-state index contributed by atoms with van der Waals surface area (Å²) in [5, 5.41) is 9.54. The lowest BCUT2D eigenvalue weighted by Gasteiger charge is -2.17. The van der Waals surface area contributed by atoms with Crippen molar-refractivity contribution in [1.29, 1.82) is 0 Å². The molecule has 0 atom stereocenters. The molecule has 2 heterocycles. The molecule has 0 aliphatic carbocycles. The van der Waals surface area contributed by atoms with Gasteiger partial charge in [0.2, 0.25) is 5.91 Å². The summed E-state index contributed by atoms with van der Waals surface area (Å²) < 4.78 is 5.73. The summed E-state index contributed by atoms with van der Waals surface area (Å²) in [6, 6.07) is 15.1. The molecule has 4 rings (SSSR count). The molecule has 0 spiro atoms. The summed E-state index contributed by atoms with van der Waals surface area (Å²) in [4.78, 5) is 23.5. The number of carbonyl (C=O) groups excluding carboxylic acids is 2. The van der Waals surface area contributed by atoms with Crippen molar-refractivity contribution in [3.8, 4) is 0 Å². The van der Waals surface area contributed by atoms with Gasteiger partial charge in [-0.1, -0.05) is 18.2 Å². The van der Waals surface area contributed by atoms with Crippen LogP contribution in [0.1, 0.15) is 17.7 Å². The highest BCUT2D eigenvalue weighted by Gasteiger charge is 2.15. The SMILES string of the molecule is O=C1CCc2cc(NC(=O)NCCc3cc4ccccc4o3)ccc2N1. The highest BCUT2D eigenvalue weighted by atomic mass is 16.3. The lowest BCUT2D eigenvalue weighted by atomic mass is 10.0. The number of anilines is 2. The van der Waals surface area contributed by atoms with Gasteiger partial charge < -0.3 is 20.4 Å².